The molecule has 8 heteroatoms. The fourth-order valence-electron chi connectivity index (χ4n) is 3.26. The summed E-state index contributed by atoms with van der Waals surface area (Å²) >= 11 is 1.56. The van der Waals surface area contributed by atoms with Crippen molar-refractivity contribution in [3.8, 4) is 16.4 Å². The average molecular weight is 414 g/mol. The Hall–Kier alpha value is -3.78. The minimum absolute atomic E-state index is 0.154. The van der Waals surface area contributed by atoms with Crippen LogP contribution in [0.2, 0.25) is 0 Å². The van der Waals surface area contributed by atoms with E-state index in [1.807, 2.05) is 72.1 Å². The summed E-state index contributed by atoms with van der Waals surface area (Å²) in [7, 11) is 1.73. The maximum Gasteiger partial charge on any atom is 0.293 e. The predicted molar refractivity (Wildman–Crippen MR) is 117 cm³/mol. The summed E-state index contributed by atoms with van der Waals surface area (Å²) in [6.07, 6.45) is 0. The van der Waals surface area contributed by atoms with Crippen molar-refractivity contribution >= 4 is 28.3 Å². The number of carbonyl (C=O) groups is 1. The van der Waals surface area contributed by atoms with Gasteiger partial charge in [-0.3, -0.25) is 4.79 Å². The van der Waals surface area contributed by atoms with Crippen molar-refractivity contribution in [3.05, 3.63) is 83.8 Å². The Labute approximate surface area is 176 Å². The predicted octanol–water partition coefficient (Wildman–Crippen LogP) is 4.14. The second kappa shape index (κ2) is 7.57. The molecule has 2 aromatic carbocycles. The van der Waals surface area contributed by atoms with Gasteiger partial charge in [0.25, 0.3) is 5.91 Å². The van der Waals surface area contributed by atoms with E-state index in [1.54, 1.807) is 28.0 Å². The number of aromatic nitrogens is 5. The molecular weight excluding hydrogens is 396 g/mol. The third-order valence-electron chi connectivity index (χ3n) is 4.71. The van der Waals surface area contributed by atoms with Crippen LogP contribution in [0.15, 0.2) is 72.1 Å². The van der Waals surface area contributed by atoms with Crippen LogP contribution in [0.4, 0.5) is 0 Å². The normalized spacial score (nSPS) is 11.1. The molecule has 0 saturated carbocycles. The number of para-hydroxylation sites is 3. The molecule has 0 unspecified atom stereocenters. The number of nitrogens with zero attached hydrogens (tertiary/aromatic N) is 5. The second-order valence-corrected chi connectivity index (χ2v) is 7.79. The molecular formula is C22H18N6OS. The van der Waals surface area contributed by atoms with Gasteiger partial charge in [0.15, 0.2) is 5.82 Å². The van der Waals surface area contributed by atoms with Gasteiger partial charge in [-0.15, -0.1) is 16.4 Å². The molecule has 0 bridgehead atoms. The van der Waals surface area contributed by atoms with Crippen LogP contribution >= 0.6 is 11.3 Å². The first-order chi connectivity index (χ1) is 14.7. The number of amides is 1. The number of rotatable bonds is 5. The molecule has 1 amide bonds. The Morgan fingerprint density at radius 1 is 1.03 bits per heavy atom. The van der Waals surface area contributed by atoms with Gasteiger partial charge in [0.2, 0.25) is 5.82 Å². The molecule has 0 aliphatic rings. The van der Waals surface area contributed by atoms with Crippen molar-refractivity contribution in [1.29, 1.82) is 0 Å². The van der Waals surface area contributed by atoms with Crippen LogP contribution in [0.25, 0.3) is 27.4 Å². The Bertz CT molecular complexity index is 1270. The molecule has 1 N–H and O–H groups in total. The van der Waals surface area contributed by atoms with Crippen LogP contribution in [-0.4, -0.2) is 42.6 Å². The summed E-state index contributed by atoms with van der Waals surface area (Å²) < 4.78 is 1.72. The Morgan fingerprint density at radius 2 is 1.83 bits per heavy atom. The summed E-state index contributed by atoms with van der Waals surface area (Å²) in [5, 5.41) is 6.51. The largest absolute Gasteiger partial charge is 0.340 e. The molecule has 148 valence electrons. The maximum atomic E-state index is 13.1. The molecule has 0 aliphatic carbocycles. The van der Waals surface area contributed by atoms with Crippen molar-refractivity contribution in [2.45, 2.75) is 6.54 Å². The third kappa shape index (κ3) is 3.37. The molecule has 0 atom stereocenters. The molecule has 0 saturated heterocycles. The van der Waals surface area contributed by atoms with E-state index in [0.717, 1.165) is 21.6 Å². The minimum Gasteiger partial charge on any atom is -0.340 e. The number of imidazole rings is 1. The summed E-state index contributed by atoms with van der Waals surface area (Å²) in [4.78, 5) is 28.0. The second-order valence-electron chi connectivity index (χ2n) is 6.85. The van der Waals surface area contributed by atoms with E-state index in [9.17, 15) is 4.79 Å². The number of fused-ring (bicyclic) bond motifs is 1. The highest BCUT2D eigenvalue weighted by Crippen LogP contribution is 2.26. The summed E-state index contributed by atoms with van der Waals surface area (Å²) in [6, 6.07) is 21.4. The molecule has 0 fully saturated rings. The summed E-state index contributed by atoms with van der Waals surface area (Å²) in [6.45, 7) is 0.335. The first-order valence-corrected chi connectivity index (χ1v) is 10.3. The number of aromatic amines is 1. The van der Waals surface area contributed by atoms with Gasteiger partial charge >= 0.3 is 0 Å². The monoisotopic (exact) mass is 414 g/mol. The number of thiophene rings is 1. The first-order valence-electron chi connectivity index (χ1n) is 9.44. The Kier molecular flexibility index (Phi) is 4.61. The molecule has 0 radical (unpaired) electrons. The number of hydrogen-bond acceptors (Lipinski definition) is 5. The number of nitrogens with one attached hydrogen (secondary N) is 1. The fourth-order valence-corrected chi connectivity index (χ4v) is 3.96. The maximum absolute atomic E-state index is 13.1. The van der Waals surface area contributed by atoms with E-state index in [0.29, 0.717) is 18.2 Å². The molecule has 30 heavy (non-hydrogen) atoms. The van der Waals surface area contributed by atoms with E-state index >= 15 is 0 Å². The Morgan fingerprint density at radius 3 is 2.60 bits per heavy atom. The van der Waals surface area contributed by atoms with Crippen LogP contribution in [-0.2, 0) is 6.54 Å². The molecule has 5 aromatic rings. The van der Waals surface area contributed by atoms with Crippen molar-refractivity contribution in [1.82, 2.24) is 29.6 Å². The smallest absolute Gasteiger partial charge is 0.293 e. The zero-order chi connectivity index (χ0) is 20.5. The SMILES string of the molecule is CN(Cc1nc2ccccc2[nH]1)C(=O)c1nc(-c2cccs2)n(-c2ccccc2)n1. The van der Waals surface area contributed by atoms with Gasteiger partial charge in [-0.2, -0.15) is 0 Å². The highest BCUT2D eigenvalue weighted by Gasteiger charge is 2.22. The first kappa shape index (κ1) is 18.3. The average Bonchev–Trinajstić information content (AvgIpc) is 3.52. The van der Waals surface area contributed by atoms with Crippen molar-refractivity contribution in [3.63, 3.8) is 0 Å². The molecule has 0 spiro atoms. The van der Waals surface area contributed by atoms with Crippen molar-refractivity contribution in [2.75, 3.05) is 7.05 Å². The van der Waals surface area contributed by atoms with Gasteiger partial charge in [0, 0.05) is 7.05 Å². The molecule has 7 nitrogen and oxygen atoms in total. The molecule has 0 aliphatic heterocycles. The van der Waals surface area contributed by atoms with Crippen LogP contribution in [0, 0.1) is 0 Å². The van der Waals surface area contributed by atoms with Crippen LogP contribution in [0.5, 0.6) is 0 Å². The number of carbonyl (C=O) groups excluding carboxylic acids is 1. The lowest BCUT2D eigenvalue weighted by atomic mass is 10.3. The zero-order valence-corrected chi connectivity index (χ0v) is 17.0. The number of benzene rings is 2. The van der Waals surface area contributed by atoms with Crippen molar-refractivity contribution < 1.29 is 4.79 Å². The molecule has 3 aromatic heterocycles. The van der Waals surface area contributed by atoms with Gasteiger partial charge in [-0.25, -0.2) is 14.6 Å². The van der Waals surface area contributed by atoms with E-state index in [2.05, 4.69) is 20.1 Å². The number of H-pyrrole nitrogens is 1. The van der Waals surface area contributed by atoms with Crippen LogP contribution < -0.4 is 0 Å². The summed E-state index contributed by atoms with van der Waals surface area (Å²) in [5.74, 6) is 1.26. The molecule has 3 heterocycles. The molecule has 5 rings (SSSR count). The lowest BCUT2D eigenvalue weighted by molar-refractivity contribution is 0.0770. The van der Waals surface area contributed by atoms with Gasteiger partial charge in [-0.05, 0) is 35.7 Å². The van der Waals surface area contributed by atoms with Gasteiger partial charge in [0.1, 0.15) is 5.82 Å². The minimum atomic E-state index is -0.261. The lowest BCUT2D eigenvalue weighted by Gasteiger charge is -2.13. The van der Waals surface area contributed by atoms with Gasteiger partial charge in [0.05, 0.1) is 28.1 Å². The summed E-state index contributed by atoms with van der Waals surface area (Å²) in [5.41, 5.74) is 2.67. The van der Waals surface area contributed by atoms with Gasteiger partial charge < -0.3 is 9.88 Å². The van der Waals surface area contributed by atoms with E-state index < -0.39 is 0 Å². The zero-order valence-electron chi connectivity index (χ0n) is 16.2. The van der Waals surface area contributed by atoms with Crippen LogP contribution in [0.3, 0.4) is 0 Å². The topological polar surface area (TPSA) is 79.7 Å². The van der Waals surface area contributed by atoms with Crippen molar-refractivity contribution in [2.24, 2.45) is 0 Å². The highest BCUT2D eigenvalue weighted by atomic mass is 32.1. The lowest BCUT2D eigenvalue weighted by Crippen LogP contribution is -2.27. The van der Waals surface area contributed by atoms with E-state index in [1.165, 1.54) is 0 Å². The quantitative estimate of drug-likeness (QED) is 0.469. The standard InChI is InChI=1S/C22H18N6OS/c1-27(14-19-23-16-10-5-6-11-17(16)24-19)22(29)20-25-21(18-12-7-13-30-18)28(26-20)15-8-3-2-4-9-15/h2-13H,14H2,1H3,(H,23,24). The van der Waals surface area contributed by atoms with Crippen LogP contribution in [0.1, 0.15) is 16.4 Å². The van der Waals surface area contributed by atoms with E-state index in [4.69, 9.17) is 0 Å². The van der Waals surface area contributed by atoms with Gasteiger partial charge in [-0.1, -0.05) is 36.4 Å². The highest BCUT2D eigenvalue weighted by molar-refractivity contribution is 7.13. The third-order valence-corrected chi connectivity index (χ3v) is 5.58. The Balaban J connectivity index is 1.46. The van der Waals surface area contributed by atoms with E-state index in [-0.39, 0.29) is 11.7 Å². The number of hydrogen-bond donors (Lipinski definition) is 1. The fraction of sp³-hybridized carbons (Fsp3) is 0.0909.